The van der Waals surface area contributed by atoms with Crippen LogP contribution in [0.25, 0.3) is 43.9 Å². The first kappa shape index (κ1) is 36.3. The number of rotatable bonds is 10. The van der Waals surface area contributed by atoms with Crippen LogP contribution < -0.4 is 4.74 Å². The fourth-order valence-corrected chi connectivity index (χ4v) is 7.85. The second kappa shape index (κ2) is 15.8. The largest absolute Gasteiger partial charge is 0.490 e. The van der Waals surface area contributed by atoms with E-state index in [1.54, 1.807) is 4.90 Å². The van der Waals surface area contributed by atoms with Gasteiger partial charge in [0.25, 0.3) is 0 Å². The summed E-state index contributed by atoms with van der Waals surface area (Å²) in [5.41, 5.74) is 4.75. The summed E-state index contributed by atoms with van der Waals surface area (Å²) in [7, 11) is 1.53. The van der Waals surface area contributed by atoms with Crippen LogP contribution in [0.1, 0.15) is 51.5 Å². The third-order valence-electron chi connectivity index (χ3n) is 9.37. The minimum Gasteiger partial charge on any atom is -0.490 e. The van der Waals surface area contributed by atoms with Crippen molar-refractivity contribution in [1.29, 1.82) is 0 Å². The maximum atomic E-state index is 16.1. The fraction of sp³-hybridized carbons (Fsp3) is 0.385. The molecule has 51 heavy (non-hydrogen) atoms. The van der Waals surface area contributed by atoms with E-state index < -0.39 is 11.6 Å². The highest BCUT2D eigenvalue weighted by Crippen LogP contribution is 2.47. The van der Waals surface area contributed by atoms with Crippen molar-refractivity contribution in [1.82, 2.24) is 29.5 Å². The number of amides is 1. The molecule has 2 atom stereocenters. The number of thiophene rings is 1. The van der Waals surface area contributed by atoms with Crippen LogP contribution in [0.2, 0.25) is 0 Å². The average Bonchev–Trinajstić information content (AvgIpc) is 3.90. The van der Waals surface area contributed by atoms with Gasteiger partial charge in [-0.1, -0.05) is 27.4 Å². The molecule has 12 heteroatoms. The van der Waals surface area contributed by atoms with E-state index in [0.29, 0.717) is 41.7 Å². The molecule has 4 aromatic heterocycles. The number of hydrogen-bond acceptors (Lipinski definition) is 8. The molecule has 0 N–H and O–H groups in total. The van der Waals surface area contributed by atoms with E-state index in [2.05, 4.69) is 18.4 Å². The van der Waals surface area contributed by atoms with Gasteiger partial charge in [-0.25, -0.2) is 13.8 Å². The SMILES string of the molecule is C=CC(=O)N1CCn2nc(-c3nc(-c4ccc(CN5CCC(C)C5)nc4)c4ccsc4c3-c3c(F)cc(F)cc3OCCOC)cc2C1C.CC. The lowest BCUT2D eigenvalue weighted by Crippen LogP contribution is -2.40. The number of nitrogens with zero attached hydrogens (tertiary/aromatic N) is 6. The average molecular weight is 715 g/mol. The molecule has 1 aromatic carbocycles. The lowest BCUT2D eigenvalue weighted by molar-refractivity contribution is -0.129. The number of methoxy groups -OCH3 is 1. The molecule has 9 nitrogen and oxygen atoms in total. The van der Waals surface area contributed by atoms with Crippen molar-refractivity contribution < 1.29 is 23.0 Å². The number of benzene rings is 1. The summed E-state index contributed by atoms with van der Waals surface area (Å²) in [5.74, 6) is -0.965. The van der Waals surface area contributed by atoms with E-state index in [-0.39, 0.29) is 36.5 Å². The highest BCUT2D eigenvalue weighted by Gasteiger charge is 2.31. The lowest BCUT2D eigenvalue weighted by Gasteiger charge is -2.33. The van der Waals surface area contributed by atoms with E-state index >= 15 is 4.39 Å². The first-order chi connectivity index (χ1) is 24.7. The molecule has 6 heterocycles. The third-order valence-corrected chi connectivity index (χ3v) is 10.3. The molecule has 7 rings (SSSR count). The van der Waals surface area contributed by atoms with Crippen molar-refractivity contribution in [3.05, 3.63) is 83.7 Å². The van der Waals surface area contributed by atoms with E-state index in [4.69, 9.17) is 24.5 Å². The van der Waals surface area contributed by atoms with Crippen LogP contribution in [0, 0.1) is 17.6 Å². The zero-order valence-electron chi connectivity index (χ0n) is 29.8. The number of likely N-dealkylation sites (tertiary alicyclic amines) is 1. The summed E-state index contributed by atoms with van der Waals surface area (Å²) in [6.07, 6.45) is 4.35. The quantitative estimate of drug-likeness (QED) is 0.107. The topological polar surface area (TPSA) is 85.6 Å². The first-order valence-corrected chi connectivity index (χ1v) is 18.3. The van der Waals surface area contributed by atoms with Gasteiger partial charge >= 0.3 is 0 Å². The normalized spacial score (nSPS) is 17.3. The number of halogens is 2. The molecule has 2 aliphatic rings. The molecule has 5 aromatic rings. The van der Waals surface area contributed by atoms with Gasteiger partial charge in [-0.15, -0.1) is 11.3 Å². The van der Waals surface area contributed by atoms with Crippen molar-refractivity contribution in [2.75, 3.05) is 40.0 Å². The molecule has 2 aliphatic heterocycles. The Hall–Kier alpha value is -4.52. The Labute approximate surface area is 301 Å². The van der Waals surface area contributed by atoms with Gasteiger partial charge in [0.05, 0.1) is 41.8 Å². The molecule has 1 saturated heterocycles. The first-order valence-electron chi connectivity index (χ1n) is 17.5. The zero-order valence-corrected chi connectivity index (χ0v) is 30.6. The third kappa shape index (κ3) is 7.31. The van der Waals surface area contributed by atoms with Crippen LogP contribution in [-0.4, -0.2) is 75.4 Å². The molecule has 0 saturated carbocycles. The number of aromatic nitrogens is 4. The standard InChI is InChI=1S/C37H38F2N6O3S.C2H6/c1-5-32(46)44-11-12-45-30(23(44)3)18-29(42-45)36-34(33-28(39)16-25(38)17-31(33)48-14-13-47-4)37-27(9-15-49-37)35(41-36)24-6-7-26(40-19-24)21-43-10-8-22(2)20-43;1-2/h5-7,9,15-19,22-23H,1,8,10-14,20-21H2,2-4H3;1-2H3. The number of ether oxygens (including phenoxy) is 2. The molecule has 2 unspecified atom stereocenters. The van der Waals surface area contributed by atoms with E-state index in [0.717, 1.165) is 52.7 Å². The summed E-state index contributed by atoms with van der Waals surface area (Å²) in [6.45, 7) is 16.1. The minimum atomic E-state index is -0.778. The van der Waals surface area contributed by atoms with Crippen molar-refractivity contribution in [2.45, 2.75) is 53.2 Å². The van der Waals surface area contributed by atoms with Gasteiger partial charge in [-0.3, -0.25) is 19.4 Å². The summed E-state index contributed by atoms with van der Waals surface area (Å²) < 4.78 is 44.5. The van der Waals surface area contributed by atoms with E-state index in [9.17, 15) is 9.18 Å². The molecule has 0 bridgehead atoms. The van der Waals surface area contributed by atoms with Crippen molar-refractivity contribution in [3.8, 4) is 39.5 Å². The van der Waals surface area contributed by atoms with E-state index in [1.165, 1.54) is 37.0 Å². The molecule has 0 spiro atoms. The maximum absolute atomic E-state index is 16.1. The Morgan fingerprint density at radius 2 is 1.88 bits per heavy atom. The Bertz CT molecular complexity index is 2030. The second-order valence-corrected chi connectivity index (χ2v) is 13.6. The monoisotopic (exact) mass is 714 g/mol. The van der Waals surface area contributed by atoms with Gasteiger partial charge in [0.2, 0.25) is 5.91 Å². The summed E-state index contributed by atoms with van der Waals surface area (Å²) in [4.78, 5) is 26.8. The molecule has 0 aliphatic carbocycles. The molecular formula is C39H44F2N6O3S. The number of pyridine rings is 2. The Balaban J connectivity index is 0.00000220. The van der Waals surface area contributed by atoms with Crippen molar-refractivity contribution >= 4 is 27.3 Å². The Morgan fingerprint density at radius 3 is 2.59 bits per heavy atom. The molecule has 0 radical (unpaired) electrons. The smallest absolute Gasteiger partial charge is 0.246 e. The number of carbonyl (C=O) groups excluding carboxylic acids is 1. The zero-order chi connectivity index (χ0) is 36.2. The van der Waals surface area contributed by atoms with Crippen LogP contribution in [0.5, 0.6) is 5.75 Å². The van der Waals surface area contributed by atoms with Crippen LogP contribution in [0.3, 0.4) is 0 Å². The highest BCUT2D eigenvalue weighted by atomic mass is 32.1. The lowest BCUT2D eigenvalue weighted by atomic mass is 9.96. The van der Waals surface area contributed by atoms with Gasteiger partial charge in [-0.2, -0.15) is 5.10 Å². The van der Waals surface area contributed by atoms with Gasteiger partial charge in [0.1, 0.15) is 35.4 Å². The highest BCUT2D eigenvalue weighted by molar-refractivity contribution is 7.18. The number of fused-ring (bicyclic) bond motifs is 2. The Kier molecular flexibility index (Phi) is 11.2. The van der Waals surface area contributed by atoms with Crippen LogP contribution in [0.4, 0.5) is 8.78 Å². The minimum absolute atomic E-state index is 0.0439. The molecule has 1 fully saturated rings. The fourth-order valence-electron chi connectivity index (χ4n) is 6.90. The second-order valence-electron chi connectivity index (χ2n) is 12.7. The summed E-state index contributed by atoms with van der Waals surface area (Å²) in [6, 6.07) is 9.69. The van der Waals surface area contributed by atoms with E-state index in [1.807, 2.05) is 61.3 Å². The number of hydrogen-bond donors (Lipinski definition) is 0. The molecule has 268 valence electrons. The van der Waals surface area contributed by atoms with Gasteiger partial charge < -0.3 is 14.4 Å². The van der Waals surface area contributed by atoms with Gasteiger partial charge in [-0.05, 0) is 61.5 Å². The van der Waals surface area contributed by atoms with Gasteiger partial charge in [0, 0.05) is 66.3 Å². The van der Waals surface area contributed by atoms with Crippen molar-refractivity contribution in [2.24, 2.45) is 5.92 Å². The maximum Gasteiger partial charge on any atom is 0.246 e. The summed E-state index contributed by atoms with van der Waals surface area (Å²) in [5, 5.41) is 7.69. The summed E-state index contributed by atoms with van der Waals surface area (Å²) >= 11 is 1.44. The predicted octanol–water partition coefficient (Wildman–Crippen LogP) is 8.15. The van der Waals surface area contributed by atoms with Crippen LogP contribution >= 0.6 is 11.3 Å². The van der Waals surface area contributed by atoms with Crippen molar-refractivity contribution in [3.63, 3.8) is 0 Å². The van der Waals surface area contributed by atoms with Crippen LogP contribution in [-0.2, 0) is 22.6 Å². The molecule has 1 amide bonds. The number of carbonyl (C=O) groups is 1. The molecular weight excluding hydrogens is 671 g/mol. The predicted molar refractivity (Wildman–Crippen MR) is 198 cm³/mol. The van der Waals surface area contributed by atoms with Gasteiger partial charge in [0.15, 0.2) is 0 Å². The Morgan fingerprint density at radius 1 is 1.06 bits per heavy atom. The van der Waals surface area contributed by atoms with Crippen LogP contribution in [0.15, 0.2) is 60.6 Å².